The highest BCUT2D eigenvalue weighted by molar-refractivity contribution is 5.83. The molecule has 6 rings (SSSR count). The molecule has 3 heterocycles. The first-order valence-corrected chi connectivity index (χ1v) is 12.8. The van der Waals surface area contributed by atoms with Gasteiger partial charge < -0.3 is 4.98 Å². The molecule has 1 saturated carbocycles. The molecule has 7 heteroatoms. The van der Waals surface area contributed by atoms with Crippen LogP contribution in [0.3, 0.4) is 0 Å². The van der Waals surface area contributed by atoms with Crippen LogP contribution in [0.4, 0.5) is 0 Å². The number of benzene rings is 2. The monoisotopic (exact) mass is 468 g/mol. The lowest BCUT2D eigenvalue weighted by Crippen LogP contribution is -2.39. The summed E-state index contributed by atoms with van der Waals surface area (Å²) in [5.74, 6) is 0.783. The summed E-state index contributed by atoms with van der Waals surface area (Å²) in [6.07, 6.45) is 6.77. The number of pyridine rings is 1. The largest absolute Gasteiger partial charge is 0.322 e. The van der Waals surface area contributed by atoms with Crippen molar-refractivity contribution in [3.8, 4) is 0 Å². The highest BCUT2D eigenvalue weighted by atomic mass is 16.1. The van der Waals surface area contributed by atoms with Gasteiger partial charge >= 0.3 is 0 Å². The predicted octanol–water partition coefficient (Wildman–Crippen LogP) is 4.78. The maximum atomic E-state index is 13.6. The molecule has 1 aliphatic carbocycles. The van der Waals surface area contributed by atoms with Gasteiger partial charge in [-0.1, -0.05) is 49.6 Å². The number of rotatable bonds is 4. The van der Waals surface area contributed by atoms with Gasteiger partial charge in [-0.3, -0.25) is 9.69 Å². The third kappa shape index (κ3) is 4.08. The Hall–Kier alpha value is -3.32. The summed E-state index contributed by atoms with van der Waals surface area (Å²) in [7, 11) is 0. The minimum Gasteiger partial charge on any atom is -0.322 e. The second kappa shape index (κ2) is 9.04. The Morgan fingerprint density at radius 2 is 1.83 bits per heavy atom. The maximum absolute atomic E-state index is 13.6. The maximum Gasteiger partial charge on any atom is 0.253 e. The highest BCUT2D eigenvalue weighted by Crippen LogP contribution is 2.35. The van der Waals surface area contributed by atoms with E-state index in [4.69, 9.17) is 0 Å². The van der Waals surface area contributed by atoms with E-state index in [0.29, 0.717) is 0 Å². The SMILES string of the molecule is Cc1cc(C)c2cc([C@H](c3nnnn3C3CCCCC3)N3CCc4ccccc4C3)c(=O)[nH]c2c1. The second-order valence-corrected chi connectivity index (χ2v) is 10.3. The van der Waals surface area contributed by atoms with Crippen molar-refractivity contribution in [2.75, 3.05) is 6.54 Å². The van der Waals surface area contributed by atoms with Crippen molar-refractivity contribution in [3.05, 3.63) is 86.5 Å². The molecule has 0 bridgehead atoms. The van der Waals surface area contributed by atoms with Crippen LogP contribution in [0.5, 0.6) is 0 Å². The number of aromatic amines is 1. The lowest BCUT2D eigenvalue weighted by Gasteiger charge is -2.35. The zero-order valence-corrected chi connectivity index (χ0v) is 20.5. The van der Waals surface area contributed by atoms with E-state index in [1.165, 1.54) is 30.4 Å². The number of tetrazole rings is 1. The standard InChI is InChI=1S/C28H32N6O/c1-18-14-19(2)23-16-24(28(35)29-25(23)15-18)26(33-13-12-20-8-6-7-9-21(20)17-33)27-30-31-32-34(27)22-10-4-3-5-11-22/h6-9,14-16,22,26H,3-5,10-13,17H2,1-2H3,(H,29,35)/t26-/m1/s1. The highest BCUT2D eigenvalue weighted by Gasteiger charge is 2.34. The van der Waals surface area contributed by atoms with Crippen molar-refractivity contribution in [1.29, 1.82) is 0 Å². The van der Waals surface area contributed by atoms with Crippen molar-refractivity contribution in [3.63, 3.8) is 0 Å². The number of nitrogens with zero attached hydrogens (tertiary/aromatic N) is 5. The van der Waals surface area contributed by atoms with Gasteiger partial charge in [-0.25, -0.2) is 4.68 Å². The fraction of sp³-hybridized carbons (Fsp3) is 0.429. The van der Waals surface area contributed by atoms with Gasteiger partial charge in [-0.2, -0.15) is 0 Å². The first kappa shape index (κ1) is 22.2. The summed E-state index contributed by atoms with van der Waals surface area (Å²) in [4.78, 5) is 19.2. The summed E-state index contributed by atoms with van der Waals surface area (Å²) < 4.78 is 2.02. The van der Waals surface area contributed by atoms with Crippen LogP contribution in [0.15, 0.2) is 47.3 Å². The normalized spacial score (nSPS) is 18.0. The molecule has 1 N–H and O–H groups in total. The molecule has 1 fully saturated rings. The van der Waals surface area contributed by atoms with Gasteiger partial charge in [0, 0.05) is 29.6 Å². The van der Waals surface area contributed by atoms with Gasteiger partial charge in [0.05, 0.1) is 6.04 Å². The predicted molar refractivity (Wildman–Crippen MR) is 136 cm³/mol. The molecule has 7 nitrogen and oxygen atoms in total. The van der Waals surface area contributed by atoms with Gasteiger partial charge in [0.25, 0.3) is 5.56 Å². The van der Waals surface area contributed by atoms with Crippen molar-refractivity contribution < 1.29 is 0 Å². The molecule has 0 spiro atoms. The molecule has 2 aromatic heterocycles. The fourth-order valence-corrected chi connectivity index (χ4v) is 6.10. The van der Waals surface area contributed by atoms with E-state index in [2.05, 4.69) is 75.7 Å². The smallest absolute Gasteiger partial charge is 0.253 e. The fourth-order valence-electron chi connectivity index (χ4n) is 6.10. The van der Waals surface area contributed by atoms with Crippen LogP contribution in [-0.4, -0.2) is 36.6 Å². The Morgan fingerprint density at radius 1 is 1.03 bits per heavy atom. The molecule has 4 aromatic rings. The Bertz CT molecular complexity index is 1430. The second-order valence-electron chi connectivity index (χ2n) is 10.3. The number of nitrogens with one attached hydrogen (secondary N) is 1. The van der Waals surface area contributed by atoms with Crippen LogP contribution in [0, 0.1) is 13.8 Å². The van der Waals surface area contributed by atoms with E-state index in [1.807, 2.05) is 10.7 Å². The quantitative estimate of drug-likeness (QED) is 0.466. The molecular formula is C28H32N6O. The van der Waals surface area contributed by atoms with Crippen LogP contribution in [0.1, 0.15) is 77.8 Å². The number of hydrogen-bond donors (Lipinski definition) is 1. The third-order valence-corrected chi connectivity index (χ3v) is 7.84. The van der Waals surface area contributed by atoms with Crippen molar-refractivity contribution in [2.45, 2.75) is 71.0 Å². The zero-order valence-electron chi connectivity index (χ0n) is 20.5. The summed E-state index contributed by atoms with van der Waals surface area (Å²) in [6.45, 7) is 5.78. The summed E-state index contributed by atoms with van der Waals surface area (Å²) >= 11 is 0. The lowest BCUT2D eigenvalue weighted by atomic mass is 9.93. The molecular weight excluding hydrogens is 436 g/mol. The lowest BCUT2D eigenvalue weighted by molar-refractivity contribution is 0.187. The van der Waals surface area contributed by atoms with Crippen LogP contribution < -0.4 is 5.56 Å². The van der Waals surface area contributed by atoms with Crippen molar-refractivity contribution >= 4 is 10.9 Å². The third-order valence-electron chi connectivity index (χ3n) is 7.84. The van der Waals surface area contributed by atoms with E-state index >= 15 is 0 Å². The molecule has 0 amide bonds. The first-order chi connectivity index (χ1) is 17.1. The van der Waals surface area contributed by atoms with Crippen LogP contribution in [0.25, 0.3) is 10.9 Å². The van der Waals surface area contributed by atoms with Crippen LogP contribution >= 0.6 is 0 Å². The van der Waals surface area contributed by atoms with Crippen LogP contribution in [0.2, 0.25) is 0 Å². The average Bonchev–Trinajstić information content (AvgIpc) is 3.34. The van der Waals surface area contributed by atoms with Gasteiger partial charge in [0.1, 0.15) is 6.04 Å². The molecule has 0 saturated heterocycles. The Balaban J connectivity index is 1.51. The van der Waals surface area contributed by atoms with E-state index in [0.717, 1.165) is 65.8 Å². The molecule has 0 radical (unpaired) electrons. The topological polar surface area (TPSA) is 79.7 Å². The number of aryl methyl sites for hydroxylation is 2. The van der Waals surface area contributed by atoms with E-state index in [-0.39, 0.29) is 17.6 Å². The summed E-state index contributed by atoms with van der Waals surface area (Å²) in [6, 6.07) is 14.9. The first-order valence-electron chi connectivity index (χ1n) is 12.8. The summed E-state index contributed by atoms with van der Waals surface area (Å²) in [5, 5.41) is 14.2. The Morgan fingerprint density at radius 3 is 2.66 bits per heavy atom. The molecule has 0 unspecified atom stereocenters. The number of hydrogen-bond acceptors (Lipinski definition) is 5. The number of aromatic nitrogens is 5. The molecule has 1 aliphatic heterocycles. The zero-order chi connectivity index (χ0) is 23.9. The Labute approximate surface area is 205 Å². The van der Waals surface area contributed by atoms with E-state index in [9.17, 15) is 4.79 Å². The molecule has 2 aromatic carbocycles. The van der Waals surface area contributed by atoms with E-state index < -0.39 is 0 Å². The van der Waals surface area contributed by atoms with E-state index in [1.54, 1.807) is 0 Å². The van der Waals surface area contributed by atoms with Gasteiger partial charge in [0.2, 0.25) is 0 Å². The molecule has 1 atom stereocenters. The molecule has 2 aliphatic rings. The van der Waals surface area contributed by atoms with Crippen molar-refractivity contribution in [1.82, 2.24) is 30.1 Å². The summed E-state index contributed by atoms with van der Waals surface area (Å²) in [5.41, 5.74) is 6.53. The molecule has 35 heavy (non-hydrogen) atoms. The van der Waals surface area contributed by atoms with Gasteiger partial charge in [0.15, 0.2) is 5.82 Å². The number of fused-ring (bicyclic) bond motifs is 2. The van der Waals surface area contributed by atoms with Gasteiger partial charge in [-0.15, -0.1) is 5.10 Å². The van der Waals surface area contributed by atoms with Crippen LogP contribution in [-0.2, 0) is 13.0 Å². The minimum atomic E-state index is -0.311. The number of H-pyrrole nitrogens is 1. The Kier molecular flexibility index (Phi) is 5.72. The molecule has 180 valence electrons. The average molecular weight is 469 g/mol. The minimum absolute atomic E-state index is 0.0652. The van der Waals surface area contributed by atoms with Crippen molar-refractivity contribution in [2.24, 2.45) is 0 Å². The van der Waals surface area contributed by atoms with Gasteiger partial charge in [-0.05, 0) is 77.9 Å².